The molecule has 4 rings (SSSR count). The normalized spacial score (nSPS) is 11.8. The smallest absolute Gasteiger partial charge is 0.244 e. The molecule has 1 aromatic heterocycles. The number of ether oxygens (including phenoxy) is 2. The molecule has 4 aromatic rings. The number of benzene rings is 3. The first-order valence-corrected chi connectivity index (χ1v) is 11.0. The van der Waals surface area contributed by atoms with Gasteiger partial charge in [-0.15, -0.1) is 0 Å². The van der Waals surface area contributed by atoms with E-state index < -0.39 is 6.04 Å². The van der Waals surface area contributed by atoms with Gasteiger partial charge in [-0.25, -0.2) is 4.98 Å². The van der Waals surface area contributed by atoms with Crippen molar-refractivity contribution in [2.75, 3.05) is 7.11 Å². The number of carbonyl (C=O) groups is 1. The molecule has 34 heavy (non-hydrogen) atoms. The number of nitrogens with zero attached hydrogens (tertiary/aromatic N) is 2. The molecule has 0 aliphatic heterocycles. The van der Waals surface area contributed by atoms with Crippen LogP contribution in [0.1, 0.15) is 28.6 Å². The van der Waals surface area contributed by atoms with Crippen LogP contribution in [0.4, 0.5) is 0 Å². The molecule has 0 aliphatic rings. The number of imidazole rings is 1. The minimum atomic E-state index is -0.423. The Bertz CT molecular complexity index is 1260. The topological polar surface area (TPSA) is 65.4 Å². The first-order valence-electron chi connectivity index (χ1n) is 11.0. The molecule has 1 unspecified atom stereocenters. The standard InChI is InChI=1S/C28H27N3O3/c1-31-17-16-29-28(31)27(23-11-7-12-24(19-23)33-2)30-26(32)15-14-21-10-6-13-25(18-21)34-20-22-8-4-3-5-9-22/h3-19,27H,20H2,1-2H3,(H,30,32)/b15-14+. The Labute approximate surface area is 199 Å². The van der Waals surface area contributed by atoms with Gasteiger partial charge >= 0.3 is 0 Å². The van der Waals surface area contributed by atoms with Crippen LogP contribution in [0.5, 0.6) is 11.5 Å². The van der Waals surface area contributed by atoms with Crippen molar-refractivity contribution in [2.45, 2.75) is 12.6 Å². The molecule has 0 saturated carbocycles. The van der Waals surface area contributed by atoms with Crippen LogP contribution >= 0.6 is 0 Å². The van der Waals surface area contributed by atoms with E-state index in [2.05, 4.69) is 10.3 Å². The number of hydrogen-bond donors (Lipinski definition) is 1. The second kappa shape index (κ2) is 11.0. The summed E-state index contributed by atoms with van der Waals surface area (Å²) in [6, 6.07) is 24.8. The first-order chi connectivity index (χ1) is 16.6. The van der Waals surface area contributed by atoms with Gasteiger partial charge in [0.1, 0.15) is 30.0 Å². The second-order valence-corrected chi connectivity index (χ2v) is 7.79. The van der Waals surface area contributed by atoms with Crippen molar-refractivity contribution in [3.63, 3.8) is 0 Å². The highest BCUT2D eigenvalue weighted by molar-refractivity contribution is 5.92. The molecule has 0 bridgehead atoms. The van der Waals surface area contributed by atoms with Gasteiger partial charge in [-0.05, 0) is 47.0 Å². The molecule has 0 saturated heterocycles. The summed E-state index contributed by atoms with van der Waals surface area (Å²) in [7, 11) is 3.52. The fraction of sp³-hybridized carbons (Fsp3) is 0.143. The minimum absolute atomic E-state index is 0.230. The van der Waals surface area contributed by atoms with Crippen molar-refractivity contribution in [3.8, 4) is 11.5 Å². The first kappa shape index (κ1) is 22.9. The summed E-state index contributed by atoms with van der Waals surface area (Å²) >= 11 is 0. The van der Waals surface area contributed by atoms with E-state index in [-0.39, 0.29) is 5.91 Å². The summed E-state index contributed by atoms with van der Waals surface area (Å²) in [5.41, 5.74) is 2.85. The van der Waals surface area contributed by atoms with Gasteiger partial charge in [0.15, 0.2) is 0 Å². The zero-order valence-electron chi connectivity index (χ0n) is 19.2. The highest BCUT2D eigenvalue weighted by atomic mass is 16.5. The summed E-state index contributed by atoms with van der Waals surface area (Å²) < 4.78 is 13.1. The lowest BCUT2D eigenvalue weighted by Crippen LogP contribution is -2.29. The molecule has 0 spiro atoms. The number of methoxy groups -OCH3 is 1. The Morgan fingerprint density at radius 3 is 2.59 bits per heavy atom. The van der Waals surface area contributed by atoms with E-state index in [4.69, 9.17) is 9.47 Å². The third-order valence-electron chi connectivity index (χ3n) is 5.36. The molecular formula is C28H27N3O3. The maximum Gasteiger partial charge on any atom is 0.244 e. The maximum atomic E-state index is 12.9. The highest BCUT2D eigenvalue weighted by Crippen LogP contribution is 2.24. The quantitative estimate of drug-likeness (QED) is 0.365. The van der Waals surface area contributed by atoms with E-state index in [1.165, 1.54) is 6.08 Å². The van der Waals surface area contributed by atoms with Crippen LogP contribution in [-0.2, 0) is 18.4 Å². The van der Waals surface area contributed by atoms with Gasteiger partial charge in [0.05, 0.1) is 7.11 Å². The van der Waals surface area contributed by atoms with Crippen molar-refractivity contribution < 1.29 is 14.3 Å². The Kier molecular flexibility index (Phi) is 7.40. The van der Waals surface area contributed by atoms with Gasteiger partial charge in [0.2, 0.25) is 5.91 Å². The van der Waals surface area contributed by atoms with Crippen LogP contribution in [0, 0.1) is 0 Å². The van der Waals surface area contributed by atoms with E-state index in [1.54, 1.807) is 19.4 Å². The highest BCUT2D eigenvalue weighted by Gasteiger charge is 2.20. The van der Waals surface area contributed by atoms with Crippen molar-refractivity contribution >= 4 is 12.0 Å². The largest absolute Gasteiger partial charge is 0.497 e. The molecule has 0 fully saturated rings. The van der Waals surface area contributed by atoms with E-state index in [0.717, 1.165) is 28.3 Å². The number of amides is 1. The Morgan fingerprint density at radius 2 is 1.82 bits per heavy atom. The molecule has 6 nitrogen and oxygen atoms in total. The van der Waals surface area contributed by atoms with E-state index >= 15 is 0 Å². The Morgan fingerprint density at radius 1 is 1.03 bits per heavy atom. The molecule has 0 radical (unpaired) electrons. The monoisotopic (exact) mass is 453 g/mol. The average molecular weight is 454 g/mol. The number of carbonyl (C=O) groups excluding carboxylic acids is 1. The number of nitrogens with one attached hydrogen (secondary N) is 1. The summed E-state index contributed by atoms with van der Waals surface area (Å²) in [5, 5.41) is 3.06. The SMILES string of the molecule is COc1cccc(C(NC(=O)/C=C/c2cccc(OCc3ccccc3)c2)c2nccn2C)c1. The van der Waals surface area contributed by atoms with E-state index in [0.29, 0.717) is 12.4 Å². The van der Waals surface area contributed by atoms with E-state index in [9.17, 15) is 4.79 Å². The van der Waals surface area contributed by atoms with Crippen LogP contribution in [0.15, 0.2) is 97.3 Å². The number of aryl methyl sites for hydroxylation is 1. The van der Waals surface area contributed by atoms with Crippen molar-refractivity contribution in [2.24, 2.45) is 7.05 Å². The maximum absolute atomic E-state index is 12.9. The average Bonchev–Trinajstić information content (AvgIpc) is 3.31. The lowest BCUT2D eigenvalue weighted by Gasteiger charge is -2.19. The van der Waals surface area contributed by atoms with Crippen LogP contribution in [0.25, 0.3) is 6.08 Å². The third-order valence-corrected chi connectivity index (χ3v) is 5.36. The van der Waals surface area contributed by atoms with Crippen molar-refractivity contribution in [3.05, 3.63) is 120 Å². The lowest BCUT2D eigenvalue weighted by atomic mass is 10.1. The van der Waals surface area contributed by atoms with Crippen LogP contribution < -0.4 is 14.8 Å². The summed E-state index contributed by atoms with van der Waals surface area (Å²) in [6.07, 6.45) is 6.86. The molecule has 1 atom stereocenters. The van der Waals surface area contributed by atoms with Crippen LogP contribution in [0.3, 0.4) is 0 Å². The molecule has 0 aliphatic carbocycles. The summed E-state index contributed by atoms with van der Waals surface area (Å²) in [6.45, 7) is 0.486. The zero-order valence-corrected chi connectivity index (χ0v) is 19.2. The fourth-order valence-corrected chi connectivity index (χ4v) is 3.58. The molecule has 1 amide bonds. The van der Waals surface area contributed by atoms with Gasteiger partial charge < -0.3 is 19.4 Å². The summed E-state index contributed by atoms with van der Waals surface area (Å²) in [4.78, 5) is 17.3. The third kappa shape index (κ3) is 5.92. The molecule has 3 aromatic carbocycles. The molecular weight excluding hydrogens is 426 g/mol. The van der Waals surface area contributed by atoms with E-state index in [1.807, 2.05) is 96.7 Å². The molecule has 6 heteroatoms. The molecule has 172 valence electrons. The van der Waals surface area contributed by atoms with Crippen LogP contribution in [0.2, 0.25) is 0 Å². The molecule has 1 N–H and O–H groups in total. The van der Waals surface area contributed by atoms with Gasteiger partial charge in [0.25, 0.3) is 0 Å². The number of rotatable bonds is 9. The van der Waals surface area contributed by atoms with Gasteiger partial charge in [-0.2, -0.15) is 0 Å². The second-order valence-electron chi connectivity index (χ2n) is 7.79. The Balaban J connectivity index is 1.46. The summed E-state index contributed by atoms with van der Waals surface area (Å²) in [5.74, 6) is 1.96. The van der Waals surface area contributed by atoms with Crippen molar-refractivity contribution in [1.29, 1.82) is 0 Å². The van der Waals surface area contributed by atoms with Crippen LogP contribution in [-0.4, -0.2) is 22.6 Å². The predicted octanol–water partition coefficient (Wildman–Crippen LogP) is 4.93. The number of aromatic nitrogens is 2. The van der Waals surface area contributed by atoms with Gasteiger partial charge in [0, 0.05) is 25.5 Å². The molecule has 1 heterocycles. The Hall–Kier alpha value is -4.32. The fourth-order valence-electron chi connectivity index (χ4n) is 3.58. The zero-order chi connectivity index (χ0) is 23.8. The van der Waals surface area contributed by atoms with Gasteiger partial charge in [-0.1, -0.05) is 54.6 Å². The van der Waals surface area contributed by atoms with Crippen molar-refractivity contribution in [1.82, 2.24) is 14.9 Å². The number of hydrogen-bond acceptors (Lipinski definition) is 4. The lowest BCUT2D eigenvalue weighted by molar-refractivity contribution is -0.117. The minimum Gasteiger partial charge on any atom is -0.497 e. The van der Waals surface area contributed by atoms with Gasteiger partial charge in [-0.3, -0.25) is 4.79 Å². The predicted molar refractivity (Wildman–Crippen MR) is 132 cm³/mol.